The molecule has 0 atom stereocenters. The van der Waals surface area contributed by atoms with Gasteiger partial charge in [0, 0.05) is 12.4 Å². The number of carbonyl (C=O) groups excluding carboxylic acids is 1. The number of benzene rings is 2. The molecule has 0 unspecified atom stereocenters. The average molecular weight is 308 g/mol. The average Bonchev–Trinajstić information content (AvgIpc) is 3.10. The topological polar surface area (TPSA) is 53.4 Å². The van der Waals surface area contributed by atoms with Crippen LogP contribution in [0.1, 0.15) is 21.5 Å². The van der Waals surface area contributed by atoms with Gasteiger partial charge in [0.25, 0.3) is 0 Å². The molecule has 5 heteroatoms. The van der Waals surface area contributed by atoms with Crippen LogP contribution in [-0.2, 0) is 16.4 Å². The van der Waals surface area contributed by atoms with E-state index in [1.54, 1.807) is 16.9 Å². The van der Waals surface area contributed by atoms with E-state index in [2.05, 4.69) is 5.10 Å². The van der Waals surface area contributed by atoms with Crippen LogP contribution < -0.4 is 0 Å². The van der Waals surface area contributed by atoms with Gasteiger partial charge in [-0.2, -0.15) is 9.99 Å². The molecule has 0 aliphatic rings. The molecule has 5 nitrogen and oxygen atoms in total. The number of aryl methyl sites for hydroxylation is 1. The van der Waals surface area contributed by atoms with Gasteiger partial charge in [-0.1, -0.05) is 30.3 Å². The third-order valence-corrected chi connectivity index (χ3v) is 3.40. The molecule has 23 heavy (non-hydrogen) atoms. The maximum Gasteiger partial charge on any atom is 0.373 e. The summed E-state index contributed by atoms with van der Waals surface area (Å²) in [6, 6.07) is 16.8. The quantitative estimate of drug-likeness (QED) is 0.535. The summed E-state index contributed by atoms with van der Waals surface area (Å²) in [5.74, 6) is -0.509. The molecule has 1 aromatic heterocycles. The first-order valence-electron chi connectivity index (χ1n) is 7.22. The highest BCUT2D eigenvalue weighted by Gasteiger charge is 2.13. The SMILES string of the molecule is Cc1cc(-n2cccn2)ccc1C(=O)OOCc1ccccc1. The van der Waals surface area contributed by atoms with Crippen LogP contribution in [0.4, 0.5) is 0 Å². The second kappa shape index (κ2) is 6.89. The Hall–Kier alpha value is -2.92. The normalized spacial score (nSPS) is 10.5. The van der Waals surface area contributed by atoms with Crippen LogP contribution in [-0.4, -0.2) is 15.7 Å². The third-order valence-electron chi connectivity index (χ3n) is 3.40. The van der Waals surface area contributed by atoms with E-state index < -0.39 is 5.97 Å². The van der Waals surface area contributed by atoms with E-state index in [9.17, 15) is 4.79 Å². The number of carbonyl (C=O) groups is 1. The summed E-state index contributed by atoms with van der Waals surface area (Å²) < 4.78 is 1.73. The summed E-state index contributed by atoms with van der Waals surface area (Å²) in [4.78, 5) is 22.0. The molecule has 0 fully saturated rings. The molecule has 0 radical (unpaired) electrons. The Balaban J connectivity index is 1.63. The van der Waals surface area contributed by atoms with E-state index in [1.165, 1.54) is 0 Å². The summed E-state index contributed by atoms with van der Waals surface area (Å²) in [5.41, 5.74) is 3.08. The van der Waals surface area contributed by atoms with E-state index in [4.69, 9.17) is 9.78 Å². The van der Waals surface area contributed by atoms with Crippen molar-refractivity contribution in [3.63, 3.8) is 0 Å². The smallest absolute Gasteiger partial charge is 0.292 e. The number of nitrogens with zero attached hydrogens (tertiary/aromatic N) is 2. The lowest BCUT2D eigenvalue weighted by Crippen LogP contribution is -2.08. The number of hydrogen-bond acceptors (Lipinski definition) is 4. The molecule has 0 aliphatic heterocycles. The van der Waals surface area contributed by atoms with Gasteiger partial charge in [0.2, 0.25) is 0 Å². The minimum Gasteiger partial charge on any atom is -0.292 e. The van der Waals surface area contributed by atoms with Gasteiger partial charge >= 0.3 is 5.97 Å². The van der Waals surface area contributed by atoms with Crippen molar-refractivity contribution in [3.05, 3.63) is 83.7 Å². The molecule has 0 N–H and O–H groups in total. The first-order valence-corrected chi connectivity index (χ1v) is 7.22. The van der Waals surface area contributed by atoms with Crippen molar-refractivity contribution in [3.8, 4) is 5.69 Å². The molecule has 0 amide bonds. The highest BCUT2D eigenvalue weighted by molar-refractivity contribution is 5.90. The van der Waals surface area contributed by atoms with Crippen LogP contribution in [0.15, 0.2) is 67.0 Å². The first-order chi connectivity index (χ1) is 11.2. The second-order valence-corrected chi connectivity index (χ2v) is 5.07. The Labute approximate surface area is 134 Å². The molecule has 1 heterocycles. The largest absolute Gasteiger partial charge is 0.373 e. The fraction of sp³-hybridized carbons (Fsp3) is 0.111. The second-order valence-electron chi connectivity index (χ2n) is 5.07. The van der Waals surface area contributed by atoms with E-state index in [0.29, 0.717) is 5.56 Å². The lowest BCUT2D eigenvalue weighted by atomic mass is 10.1. The molecule has 0 aliphatic carbocycles. The fourth-order valence-corrected chi connectivity index (χ4v) is 2.21. The number of rotatable bonds is 5. The minimum atomic E-state index is -0.509. The molecule has 0 saturated heterocycles. The lowest BCUT2D eigenvalue weighted by Gasteiger charge is -2.08. The minimum absolute atomic E-state index is 0.219. The summed E-state index contributed by atoms with van der Waals surface area (Å²) in [6.45, 7) is 2.07. The van der Waals surface area contributed by atoms with Crippen LogP contribution in [0.2, 0.25) is 0 Å². The standard InChI is InChI=1S/C18H16N2O3/c1-14-12-16(20-11-5-10-19-20)8-9-17(14)18(21)23-22-13-15-6-3-2-4-7-15/h2-12H,13H2,1H3. The molecular weight excluding hydrogens is 292 g/mol. The van der Waals surface area contributed by atoms with Crippen molar-refractivity contribution in [1.29, 1.82) is 0 Å². The van der Waals surface area contributed by atoms with Gasteiger partial charge in [0.1, 0.15) is 6.61 Å². The Bertz CT molecular complexity index is 783. The van der Waals surface area contributed by atoms with Crippen LogP contribution in [0, 0.1) is 6.92 Å². The zero-order valence-corrected chi connectivity index (χ0v) is 12.7. The zero-order valence-electron chi connectivity index (χ0n) is 12.7. The van der Waals surface area contributed by atoms with E-state index in [-0.39, 0.29) is 6.61 Å². The molecular formula is C18H16N2O3. The summed E-state index contributed by atoms with van der Waals surface area (Å²) in [5, 5.41) is 4.16. The summed E-state index contributed by atoms with van der Waals surface area (Å²) >= 11 is 0. The van der Waals surface area contributed by atoms with Gasteiger partial charge < -0.3 is 0 Å². The molecule has 2 aromatic carbocycles. The molecule has 0 spiro atoms. The molecule has 116 valence electrons. The molecule has 0 bridgehead atoms. The number of aromatic nitrogens is 2. The van der Waals surface area contributed by atoms with Crippen molar-refractivity contribution in [1.82, 2.24) is 9.78 Å². The van der Waals surface area contributed by atoms with Crippen molar-refractivity contribution in [2.24, 2.45) is 0 Å². The predicted molar refractivity (Wildman–Crippen MR) is 84.9 cm³/mol. The fourth-order valence-electron chi connectivity index (χ4n) is 2.21. The molecule has 3 rings (SSSR count). The van der Waals surface area contributed by atoms with E-state index >= 15 is 0 Å². The van der Waals surface area contributed by atoms with E-state index in [1.807, 2.05) is 61.7 Å². The van der Waals surface area contributed by atoms with Gasteiger partial charge in [-0.25, -0.2) is 9.48 Å². The van der Waals surface area contributed by atoms with E-state index in [0.717, 1.165) is 16.8 Å². The predicted octanol–water partition coefficient (Wildman–Crippen LogP) is 3.47. The Morgan fingerprint density at radius 2 is 1.96 bits per heavy atom. The first kappa shape index (κ1) is 15.0. The highest BCUT2D eigenvalue weighted by atomic mass is 17.2. The monoisotopic (exact) mass is 308 g/mol. The highest BCUT2D eigenvalue weighted by Crippen LogP contribution is 2.15. The molecule has 3 aromatic rings. The Morgan fingerprint density at radius 3 is 2.65 bits per heavy atom. The summed E-state index contributed by atoms with van der Waals surface area (Å²) in [6.07, 6.45) is 3.55. The maximum absolute atomic E-state index is 12.1. The van der Waals surface area contributed by atoms with Gasteiger partial charge in [0.15, 0.2) is 0 Å². The van der Waals surface area contributed by atoms with Crippen LogP contribution in [0.3, 0.4) is 0 Å². The number of hydrogen-bond donors (Lipinski definition) is 0. The van der Waals surface area contributed by atoms with Crippen LogP contribution >= 0.6 is 0 Å². The molecule has 0 saturated carbocycles. The summed E-state index contributed by atoms with van der Waals surface area (Å²) in [7, 11) is 0. The van der Waals surface area contributed by atoms with Crippen molar-refractivity contribution < 1.29 is 14.6 Å². The van der Waals surface area contributed by atoms with Crippen molar-refractivity contribution in [2.45, 2.75) is 13.5 Å². The van der Waals surface area contributed by atoms with Gasteiger partial charge in [-0.15, -0.1) is 0 Å². The lowest BCUT2D eigenvalue weighted by molar-refractivity contribution is -0.250. The van der Waals surface area contributed by atoms with Crippen molar-refractivity contribution in [2.75, 3.05) is 0 Å². The third kappa shape index (κ3) is 3.64. The van der Waals surface area contributed by atoms with Crippen LogP contribution in [0.25, 0.3) is 5.69 Å². The van der Waals surface area contributed by atoms with Crippen LogP contribution in [0.5, 0.6) is 0 Å². The maximum atomic E-state index is 12.1. The Morgan fingerprint density at radius 1 is 1.13 bits per heavy atom. The van der Waals surface area contributed by atoms with Gasteiger partial charge in [-0.05, 0) is 42.3 Å². The van der Waals surface area contributed by atoms with Crippen molar-refractivity contribution >= 4 is 5.97 Å². The van der Waals surface area contributed by atoms with Gasteiger partial charge in [0.05, 0.1) is 11.3 Å². The zero-order chi connectivity index (χ0) is 16.1. The Kier molecular flexibility index (Phi) is 4.49. The van der Waals surface area contributed by atoms with Gasteiger partial charge in [-0.3, -0.25) is 4.89 Å².